The third kappa shape index (κ3) is 11.5. The summed E-state index contributed by atoms with van der Waals surface area (Å²) in [7, 11) is 1.56. The van der Waals surface area contributed by atoms with Gasteiger partial charge in [-0.3, -0.25) is 38.8 Å². The van der Waals surface area contributed by atoms with Gasteiger partial charge in [0, 0.05) is 35.3 Å². The number of aromatic amines is 2. The minimum atomic E-state index is -0.879. The fourth-order valence-electron chi connectivity index (χ4n) is 8.37. The first-order chi connectivity index (χ1) is 30.1. The molecule has 0 radical (unpaired) electrons. The summed E-state index contributed by atoms with van der Waals surface area (Å²) in [5.74, 6) is -2.04. The number of hydrogen-bond acceptors (Lipinski definition) is 10. The summed E-state index contributed by atoms with van der Waals surface area (Å²) in [6.45, 7) is 15.9. The van der Waals surface area contributed by atoms with Gasteiger partial charge in [0.25, 0.3) is 11.8 Å². The van der Waals surface area contributed by atoms with Crippen LogP contribution >= 0.6 is 0 Å². The number of aliphatic imine (C=N–C) groups is 2. The van der Waals surface area contributed by atoms with Crippen LogP contribution in [0.15, 0.2) is 52.4 Å². The van der Waals surface area contributed by atoms with Crippen LogP contribution in [-0.2, 0) is 19.2 Å². The summed E-state index contributed by atoms with van der Waals surface area (Å²) in [5.41, 5.74) is 2.87. The molecule has 0 aliphatic carbocycles. The van der Waals surface area contributed by atoms with Gasteiger partial charge in [0.1, 0.15) is 29.7 Å². The fourth-order valence-corrected chi connectivity index (χ4v) is 8.37. The largest absolute Gasteiger partial charge is 0.496 e. The minimum Gasteiger partial charge on any atom is -0.496 e. The highest BCUT2D eigenvalue weighted by Crippen LogP contribution is 2.32. The maximum atomic E-state index is 13.7. The predicted octanol–water partition coefficient (Wildman–Crippen LogP) is 3.46. The monoisotopic (exact) mass is 865 g/mol. The van der Waals surface area contributed by atoms with Gasteiger partial charge in [0.05, 0.1) is 30.7 Å². The van der Waals surface area contributed by atoms with Crippen LogP contribution < -0.4 is 36.6 Å². The van der Waals surface area contributed by atoms with Crippen LogP contribution in [-0.4, -0.2) is 108 Å². The number of nitrogens with one attached hydrogen (secondary N) is 8. The molecule has 1 unspecified atom stereocenters. The lowest BCUT2D eigenvalue weighted by Crippen LogP contribution is -2.51. The zero-order chi connectivity index (χ0) is 45.4. The second-order valence-corrected chi connectivity index (χ2v) is 17.3. The molecule has 4 heterocycles. The van der Waals surface area contributed by atoms with Crippen molar-refractivity contribution < 1.29 is 33.5 Å². The number of H-pyrrole nitrogens is 2. The van der Waals surface area contributed by atoms with E-state index in [9.17, 15) is 28.8 Å². The van der Waals surface area contributed by atoms with E-state index in [1.54, 1.807) is 25.3 Å². The Balaban J connectivity index is 1.07. The van der Waals surface area contributed by atoms with Crippen LogP contribution in [0.2, 0.25) is 0 Å². The maximum Gasteiger partial charge on any atom is 0.287 e. The van der Waals surface area contributed by atoms with Gasteiger partial charge in [0.15, 0.2) is 5.82 Å². The van der Waals surface area contributed by atoms with Gasteiger partial charge in [-0.1, -0.05) is 39.8 Å². The number of rotatable bonds is 21. The van der Waals surface area contributed by atoms with E-state index >= 15 is 0 Å². The quantitative estimate of drug-likeness (QED) is 0.0575. The van der Waals surface area contributed by atoms with Gasteiger partial charge in [-0.05, 0) is 99.7 Å². The van der Waals surface area contributed by atoms with E-state index < -0.39 is 47.9 Å². The summed E-state index contributed by atoms with van der Waals surface area (Å²) in [6.07, 6.45) is 1.62. The highest BCUT2D eigenvalue weighted by Gasteiger charge is 2.36. The number of imidazole rings is 1. The van der Waals surface area contributed by atoms with Crippen LogP contribution in [0.4, 0.5) is 0 Å². The number of nitrogens with zero attached hydrogens (tertiary/aromatic N) is 3. The zero-order valence-electron chi connectivity index (χ0n) is 36.5. The van der Waals surface area contributed by atoms with Gasteiger partial charge >= 0.3 is 0 Å². The Morgan fingerprint density at radius 1 is 0.841 bits per heavy atom. The molecule has 4 aromatic rings. The fraction of sp³-hybridized carbons (Fsp3) is 0.489. The van der Waals surface area contributed by atoms with E-state index in [2.05, 4.69) is 70.3 Å². The van der Waals surface area contributed by atoms with Crippen molar-refractivity contribution in [3.05, 3.63) is 59.5 Å². The van der Waals surface area contributed by atoms with Crippen LogP contribution in [0.25, 0.3) is 21.9 Å². The third-order valence-electron chi connectivity index (χ3n) is 11.5. The van der Waals surface area contributed by atoms with Gasteiger partial charge in [-0.2, -0.15) is 0 Å². The molecule has 0 bridgehead atoms. The first kappa shape index (κ1) is 45.9. The van der Waals surface area contributed by atoms with Crippen molar-refractivity contribution in [1.29, 1.82) is 0 Å². The highest BCUT2D eigenvalue weighted by atomic mass is 16.5. The maximum absolute atomic E-state index is 13.7. The minimum absolute atomic E-state index is 0.0214. The first-order valence-corrected chi connectivity index (χ1v) is 21.5. The van der Waals surface area contributed by atoms with E-state index in [-0.39, 0.29) is 66.0 Å². The van der Waals surface area contributed by atoms with Gasteiger partial charge < -0.3 is 46.6 Å². The number of benzene rings is 2. The molecule has 0 spiro atoms. The molecule has 6 amide bonds. The molecule has 0 saturated carbocycles. The zero-order valence-corrected chi connectivity index (χ0v) is 36.5. The Morgan fingerprint density at radius 3 is 2.21 bits per heavy atom. The van der Waals surface area contributed by atoms with Crippen LogP contribution in [0.3, 0.4) is 0 Å². The molecule has 7 atom stereocenters. The third-order valence-corrected chi connectivity index (χ3v) is 11.5. The number of methoxy groups -OCH3 is 1. The van der Waals surface area contributed by atoms with E-state index in [1.165, 1.54) is 0 Å². The lowest BCUT2D eigenvalue weighted by atomic mass is 9.95. The number of aromatic nitrogens is 3. The number of carbonyl (C=O) groups excluding carboxylic acids is 6. The first-order valence-electron chi connectivity index (χ1n) is 21.5. The van der Waals surface area contributed by atoms with Crippen LogP contribution in [0, 0.1) is 23.7 Å². The average Bonchev–Trinajstić information content (AvgIpc) is 4.05. The lowest BCUT2D eigenvalue weighted by Gasteiger charge is -2.24. The summed E-state index contributed by atoms with van der Waals surface area (Å²) in [4.78, 5) is 98.4. The van der Waals surface area contributed by atoms with E-state index in [0.717, 1.165) is 16.5 Å². The Kier molecular flexibility index (Phi) is 15.0. The van der Waals surface area contributed by atoms with E-state index in [0.29, 0.717) is 55.4 Å². The average molecular weight is 866 g/mol. The Morgan fingerprint density at radius 2 is 1.56 bits per heavy atom. The highest BCUT2D eigenvalue weighted by molar-refractivity contribution is 6.01. The summed E-state index contributed by atoms with van der Waals surface area (Å²) >= 11 is 0. The topological polar surface area (TPSA) is 253 Å². The smallest absolute Gasteiger partial charge is 0.287 e. The van der Waals surface area contributed by atoms with E-state index in [1.807, 2.05) is 52.0 Å². The van der Waals surface area contributed by atoms with Gasteiger partial charge in [0.2, 0.25) is 23.6 Å². The van der Waals surface area contributed by atoms with Gasteiger partial charge in [-0.15, -0.1) is 0 Å². The summed E-state index contributed by atoms with van der Waals surface area (Å²) in [6, 6.07) is 10.0. The number of fused-ring (bicyclic) bond motifs is 2. The number of carbonyl (C=O) groups is 6. The molecule has 2 aliphatic heterocycles. The van der Waals surface area contributed by atoms with E-state index in [4.69, 9.17) is 4.74 Å². The standard InChI is InChI=1S/C45H59N11O7/c1-23(2)15-34(42(59)49-28(22-46-5)17-26-13-14-48-40(26)57)55-45(62)39-51-31-12-11-25(18-33(31)52-39)32-19-27(41(58)53-32)20-38(47-6)56-44(61)35(16-24(3)4)54-43(60)36-21-29-30(50-36)9-8-10-37(29)63-7/h8-12,18,21,23-24,26-28,32,34-35,38,50H,5-6,13-17,19-20,22H2,1-4,7H3,(H,48,57)(H,49,59)(H,51,52)(H,53,58)(H,54,60)(H,55,62)(H,56,61)/t26-,27-,28-,32?,34-,35-,38-/m0/s1. The van der Waals surface area contributed by atoms with Crippen molar-refractivity contribution in [2.24, 2.45) is 33.7 Å². The van der Waals surface area contributed by atoms with Crippen molar-refractivity contribution in [2.45, 2.75) is 96.6 Å². The van der Waals surface area contributed by atoms with Crippen LogP contribution in [0.5, 0.6) is 5.75 Å². The Hall–Kier alpha value is -6.59. The molecule has 2 saturated heterocycles. The van der Waals surface area contributed by atoms with Crippen molar-refractivity contribution in [2.75, 3.05) is 20.2 Å². The molecule has 6 rings (SSSR count). The molecular weight excluding hydrogens is 807 g/mol. The van der Waals surface area contributed by atoms with Crippen molar-refractivity contribution in [3.63, 3.8) is 0 Å². The second kappa shape index (κ2) is 20.5. The van der Waals surface area contributed by atoms with Crippen LogP contribution in [0.1, 0.15) is 98.9 Å². The van der Waals surface area contributed by atoms with Gasteiger partial charge in [-0.25, -0.2) is 4.98 Å². The second-order valence-electron chi connectivity index (χ2n) is 17.3. The molecule has 2 fully saturated rings. The molecule has 336 valence electrons. The SMILES string of the molecule is C=NC[C@H](C[C@@H]1CCNC1=O)NC(=O)[C@H](CC(C)C)NC(=O)c1nc2ccc(C3C[C@@H](C[C@@H](N=C)NC(=O)[C@H](CC(C)C)NC(=O)c4cc5c(OC)cccc5[nH]4)C(=O)N3)cc2[nH]1. The molecule has 2 aromatic heterocycles. The summed E-state index contributed by atoms with van der Waals surface area (Å²) < 4.78 is 5.42. The molecular formula is C45H59N11O7. The normalized spacial score (nSPS) is 19.3. The molecule has 8 N–H and O–H groups in total. The molecule has 2 aliphatic rings. The molecule has 18 heteroatoms. The molecule has 63 heavy (non-hydrogen) atoms. The summed E-state index contributed by atoms with van der Waals surface area (Å²) in [5, 5.41) is 18.2. The number of hydrogen-bond donors (Lipinski definition) is 8. The number of ether oxygens (including phenoxy) is 1. The van der Waals surface area contributed by atoms with Crippen molar-refractivity contribution in [1.82, 2.24) is 46.9 Å². The lowest BCUT2D eigenvalue weighted by molar-refractivity contribution is -0.126. The van der Waals surface area contributed by atoms with Crippen molar-refractivity contribution >= 4 is 70.8 Å². The Labute approximate surface area is 366 Å². The number of amides is 6. The Bertz CT molecular complexity index is 2350. The van der Waals surface area contributed by atoms with Crippen molar-refractivity contribution in [3.8, 4) is 5.75 Å². The predicted molar refractivity (Wildman–Crippen MR) is 240 cm³/mol. The molecule has 2 aromatic carbocycles. The molecule has 18 nitrogen and oxygen atoms in total.